The van der Waals surface area contributed by atoms with Crippen LogP contribution in [0.2, 0.25) is 0 Å². The smallest absolute Gasteiger partial charge is 0.333 e. The van der Waals surface area contributed by atoms with Crippen LogP contribution in [-0.4, -0.2) is 66.1 Å². The van der Waals surface area contributed by atoms with Gasteiger partial charge in [-0.15, -0.1) is 0 Å². The van der Waals surface area contributed by atoms with Crippen molar-refractivity contribution in [1.29, 1.82) is 0 Å². The van der Waals surface area contributed by atoms with E-state index in [1.807, 2.05) is 0 Å². The Morgan fingerprint density at radius 3 is 2.27 bits per heavy atom. The van der Waals surface area contributed by atoms with Gasteiger partial charge in [-0.25, -0.2) is 0 Å². The van der Waals surface area contributed by atoms with E-state index in [1.165, 1.54) is 60.7 Å². The molecular weight excluding hydrogens is 484 g/mol. The first-order valence-electron chi connectivity index (χ1n) is 14.6. The van der Waals surface area contributed by atoms with Gasteiger partial charge in [-0.2, -0.15) is 13.1 Å². The second-order valence-corrected chi connectivity index (χ2v) is 13.2. The number of para-hydroxylation sites is 1. The average molecular weight is 531 g/mol. The van der Waals surface area contributed by atoms with E-state index >= 15 is 0 Å². The molecule has 2 aliphatic heterocycles. The zero-order valence-corrected chi connectivity index (χ0v) is 23.6. The van der Waals surface area contributed by atoms with Crippen molar-refractivity contribution >= 4 is 21.2 Å². The van der Waals surface area contributed by atoms with Crippen LogP contribution in [0.1, 0.15) is 82.5 Å². The van der Waals surface area contributed by atoms with Crippen LogP contribution in [0.3, 0.4) is 0 Å². The molecule has 5 rings (SSSR count). The third kappa shape index (κ3) is 6.41. The van der Waals surface area contributed by atoms with Gasteiger partial charge in [0.1, 0.15) is 0 Å². The molecule has 0 radical (unpaired) electrons. The molecule has 2 N–H and O–H groups in total. The molecule has 0 spiro atoms. The van der Waals surface area contributed by atoms with Crippen LogP contribution in [0.25, 0.3) is 10.9 Å². The number of likely N-dealkylation sites (tertiary alicyclic amines) is 2. The highest BCUT2D eigenvalue weighted by atomic mass is 32.2. The first-order valence-corrected chi connectivity index (χ1v) is 16.0. The monoisotopic (exact) mass is 530 g/mol. The van der Waals surface area contributed by atoms with Gasteiger partial charge in [-0.1, -0.05) is 32.0 Å². The summed E-state index contributed by atoms with van der Waals surface area (Å²) < 4.78 is 37.0. The molecule has 1 aliphatic carbocycles. The number of hydrogen-bond acceptors (Lipinski definition) is 4. The lowest BCUT2D eigenvalue weighted by Crippen LogP contribution is -2.44. The fourth-order valence-corrected chi connectivity index (χ4v) is 7.72. The van der Waals surface area contributed by atoms with E-state index in [2.05, 4.69) is 57.2 Å². The molecule has 1 aromatic carbocycles. The van der Waals surface area contributed by atoms with Crippen LogP contribution >= 0.6 is 0 Å². The zero-order valence-electron chi connectivity index (χ0n) is 22.7. The molecule has 0 bridgehead atoms. The molecule has 3 heterocycles. The molecule has 37 heavy (non-hydrogen) atoms. The standard InChI is InChI=1S/C29H46N4O3S/c1-22(2)23-9-11-24(12-10-23)32-19-14-25(15-20-32)33-28-8-4-3-7-26(28)27(21-31-17-5-6-18-31)29(33)13-16-30-37(34,35)36/h3-4,7-8,22-25,30H,5-6,9-21H2,1-2H3,(H,34,35,36)/t23-,24+. The summed E-state index contributed by atoms with van der Waals surface area (Å²) in [5, 5.41) is 1.30. The number of piperidine rings is 1. The molecule has 2 saturated heterocycles. The average Bonchev–Trinajstić information content (AvgIpc) is 3.50. The molecule has 2 aromatic rings. The molecule has 0 amide bonds. The van der Waals surface area contributed by atoms with Crippen LogP contribution in [-0.2, 0) is 23.3 Å². The van der Waals surface area contributed by atoms with Crippen LogP contribution in [0.15, 0.2) is 24.3 Å². The van der Waals surface area contributed by atoms with Gasteiger partial charge in [0, 0.05) is 61.3 Å². The normalized spacial score (nSPS) is 25.0. The highest BCUT2D eigenvalue weighted by Crippen LogP contribution is 2.38. The Kier molecular flexibility index (Phi) is 8.61. The van der Waals surface area contributed by atoms with Gasteiger partial charge in [0.25, 0.3) is 0 Å². The number of aromatic nitrogens is 1. The number of rotatable bonds is 9. The second-order valence-electron chi connectivity index (χ2n) is 12.0. The maximum absolute atomic E-state index is 11.4. The minimum Gasteiger partial charge on any atom is -0.341 e. The Balaban J connectivity index is 1.37. The topological polar surface area (TPSA) is 77.8 Å². The zero-order chi connectivity index (χ0) is 26.0. The first kappa shape index (κ1) is 27.1. The predicted octanol–water partition coefficient (Wildman–Crippen LogP) is 5.02. The van der Waals surface area contributed by atoms with Crippen molar-refractivity contribution in [1.82, 2.24) is 19.1 Å². The van der Waals surface area contributed by atoms with Gasteiger partial charge >= 0.3 is 10.3 Å². The molecule has 0 atom stereocenters. The van der Waals surface area contributed by atoms with E-state index in [4.69, 9.17) is 0 Å². The van der Waals surface area contributed by atoms with Crippen molar-refractivity contribution < 1.29 is 13.0 Å². The van der Waals surface area contributed by atoms with Crippen molar-refractivity contribution in [2.75, 3.05) is 32.7 Å². The highest BCUT2D eigenvalue weighted by molar-refractivity contribution is 7.83. The molecule has 206 valence electrons. The number of hydrogen-bond donors (Lipinski definition) is 2. The summed E-state index contributed by atoms with van der Waals surface area (Å²) in [6.07, 6.45) is 10.8. The van der Waals surface area contributed by atoms with Gasteiger partial charge in [-0.3, -0.25) is 9.45 Å². The van der Waals surface area contributed by atoms with Crippen molar-refractivity contribution in [3.05, 3.63) is 35.5 Å². The Morgan fingerprint density at radius 2 is 1.62 bits per heavy atom. The molecule has 8 heteroatoms. The maximum atomic E-state index is 11.4. The van der Waals surface area contributed by atoms with E-state index in [9.17, 15) is 13.0 Å². The summed E-state index contributed by atoms with van der Waals surface area (Å²) in [5.74, 6) is 1.70. The van der Waals surface area contributed by atoms with Crippen molar-refractivity contribution in [3.63, 3.8) is 0 Å². The SMILES string of the molecule is CC(C)[C@H]1CC[C@@H](N2CCC(n3c(CCNS(=O)(=O)O)c(CN4CCCC4)c4ccccc43)CC2)CC1. The minimum atomic E-state index is -4.20. The Labute approximate surface area is 223 Å². The quantitative estimate of drug-likeness (QED) is 0.445. The van der Waals surface area contributed by atoms with Crippen LogP contribution < -0.4 is 4.72 Å². The molecule has 1 saturated carbocycles. The van der Waals surface area contributed by atoms with E-state index in [1.54, 1.807) is 0 Å². The fourth-order valence-electron chi connectivity index (χ4n) is 7.36. The van der Waals surface area contributed by atoms with Crippen LogP contribution in [0, 0.1) is 11.8 Å². The fraction of sp³-hybridized carbons (Fsp3) is 0.724. The van der Waals surface area contributed by atoms with E-state index in [0.717, 1.165) is 63.4 Å². The Hall–Kier alpha value is -1.45. The molecule has 3 fully saturated rings. The van der Waals surface area contributed by atoms with Crippen molar-refractivity contribution in [2.24, 2.45) is 11.8 Å². The second kappa shape index (κ2) is 11.7. The molecule has 0 unspecified atom stereocenters. The summed E-state index contributed by atoms with van der Waals surface area (Å²) in [6, 6.07) is 9.88. The maximum Gasteiger partial charge on any atom is 0.333 e. The number of fused-ring (bicyclic) bond motifs is 1. The van der Waals surface area contributed by atoms with E-state index in [-0.39, 0.29) is 6.54 Å². The molecular formula is C29H46N4O3S. The predicted molar refractivity (Wildman–Crippen MR) is 150 cm³/mol. The van der Waals surface area contributed by atoms with Gasteiger partial charge in [-0.05, 0) is 87.9 Å². The van der Waals surface area contributed by atoms with Gasteiger partial charge in [0.2, 0.25) is 0 Å². The van der Waals surface area contributed by atoms with Gasteiger partial charge in [0.05, 0.1) is 0 Å². The molecule has 7 nitrogen and oxygen atoms in total. The third-order valence-corrected chi connectivity index (χ3v) is 9.99. The van der Waals surface area contributed by atoms with Crippen LogP contribution in [0.5, 0.6) is 0 Å². The Bertz CT molecular complexity index is 1140. The molecule has 3 aliphatic rings. The summed E-state index contributed by atoms with van der Waals surface area (Å²) in [6.45, 7) is 10.4. The summed E-state index contributed by atoms with van der Waals surface area (Å²) in [7, 11) is -4.20. The Morgan fingerprint density at radius 1 is 0.946 bits per heavy atom. The van der Waals surface area contributed by atoms with E-state index < -0.39 is 10.3 Å². The third-order valence-electron chi connectivity index (χ3n) is 9.42. The minimum absolute atomic E-state index is 0.208. The van der Waals surface area contributed by atoms with Gasteiger partial charge < -0.3 is 9.47 Å². The van der Waals surface area contributed by atoms with Crippen molar-refractivity contribution in [2.45, 2.75) is 90.3 Å². The van der Waals surface area contributed by atoms with Crippen molar-refractivity contribution in [3.8, 4) is 0 Å². The molecule has 1 aromatic heterocycles. The van der Waals surface area contributed by atoms with Crippen LogP contribution in [0.4, 0.5) is 0 Å². The van der Waals surface area contributed by atoms with E-state index in [0.29, 0.717) is 12.5 Å². The number of nitrogens with zero attached hydrogens (tertiary/aromatic N) is 3. The lowest BCUT2D eigenvalue weighted by molar-refractivity contribution is 0.0889. The summed E-state index contributed by atoms with van der Waals surface area (Å²) in [4.78, 5) is 5.28. The number of benzene rings is 1. The van der Waals surface area contributed by atoms with Gasteiger partial charge in [0.15, 0.2) is 0 Å². The summed E-state index contributed by atoms with van der Waals surface area (Å²) >= 11 is 0. The lowest BCUT2D eigenvalue weighted by atomic mass is 9.79. The number of nitrogens with one attached hydrogen (secondary N) is 1. The summed E-state index contributed by atoms with van der Waals surface area (Å²) in [5.41, 5.74) is 3.85. The first-order chi connectivity index (χ1) is 17.8. The highest BCUT2D eigenvalue weighted by Gasteiger charge is 2.32. The lowest BCUT2D eigenvalue weighted by Gasteiger charge is -2.42. The largest absolute Gasteiger partial charge is 0.341 e.